The smallest absolute Gasteiger partial charge is 0.394 e. The predicted octanol–water partition coefficient (Wildman–Crippen LogP) is 6.63. The molecule has 0 aliphatic carbocycles. The van der Waals surface area contributed by atoms with Crippen LogP contribution in [-0.4, -0.2) is 61.5 Å². The number of benzene rings is 3. The zero-order valence-corrected chi connectivity index (χ0v) is 23.3. The number of halogens is 6. The lowest BCUT2D eigenvalue weighted by atomic mass is 9.79. The van der Waals surface area contributed by atoms with E-state index in [1.807, 2.05) is 42.5 Å². The van der Waals surface area contributed by atoms with E-state index in [-0.39, 0.29) is 19.6 Å². The molecule has 0 saturated carbocycles. The molecule has 3 aromatic carbocycles. The third-order valence-corrected chi connectivity index (χ3v) is 8.56. The Bertz CT molecular complexity index is 1290. The van der Waals surface area contributed by atoms with E-state index < -0.39 is 49.4 Å². The predicted molar refractivity (Wildman–Crippen MR) is 149 cm³/mol. The Morgan fingerprint density at radius 2 is 1.40 bits per heavy atom. The van der Waals surface area contributed by atoms with Crippen molar-refractivity contribution >= 4 is 0 Å². The monoisotopic (exact) mass is 591 g/mol. The van der Waals surface area contributed by atoms with Crippen molar-refractivity contribution in [1.82, 2.24) is 15.1 Å². The summed E-state index contributed by atoms with van der Waals surface area (Å²) in [5, 5.41) is 3.27. The Labute approximate surface area is 242 Å². The standard InChI is InChI=1S/C32H35F6N3O/c1-42-29-14-8-7-13-25(29)28(18-39-17-22-9-3-2-4-10-22)41-20-26(31(33,34)35)30(27(21-41)32(36,37)38)40-16-15-23-11-5-6-12-24(23)19-40/h2-14,26-28,30,39H,15-21H2,1H3. The second-order valence-electron chi connectivity index (χ2n) is 11.1. The van der Waals surface area contributed by atoms with E-state index >= 15 is 0 Å². The molecule has 42 heavy (non-hydrogen) atoms. The van der Waals surface area contributed by atoms with Gasteiger partial charge in [-0.25, -0.2) is 0 Å². The highest BCUT2D eigenvalue weighted by molar-refractivity contribution is 5.36. The maximum absolute atomic E-state index is 14.8. The van der Waals surface area contributed by atoms with Gasteiger partial charge in [-0.1, -0.05) is 72.8 Å². The van der Waals surface area contributed by atoms with Crippen LogP contribution in [0, 0.1) is 11.8 Å². The summed E-state index contributed by atoms with van der Waals surface area (Å²) in [7, 11) is 1.45. The van der Waals surface area contributed by atoms with Gasteiger partial charge in [0.05, 0.1) is 25.0 Å². The van der Waals surface area contributed by atoms with Gasteiger partial charge in [-0.05, 0) is 29.2 Å². The van der Waals surface area contributed by atoms with Gasteiger partial charge in [0.2, 0.25) is 0 Å². The zero-order chi connectivity index (χ0) is 29.9. The molecule has 0 bridgehead atoms. The summed E-state index contributed by atoms with van der Waals surface area (Å²) in [5.41, 5.74) is 3.26. The minimum atomic E-state index is -4.83. The van der Waals surface area contributed by atoms with Crippen molar-refractivity contribution < 1.29 is 31.1 Å². The summed E-state index contributed by atoms with van der Waals surface area (Å²) in [6.45, 7) is -0.319. The van der Waals surface area contributed by atoms with Crippen molar-refractivity contribution in [2.45, 2.75) is 43.9 Å². The van der Waals surface area contributed by atoms with Crippen molar-refractivity contribution in [2.24, 2.45) is 11.8 Å². The quantitative estimate of drug-likeness (QED) is 0.298. The molecular weight excluding hydrogens is 556 g/mol. The zero-order valence-electron chi connectivity index (χ0n) is 23.3. The van der Waals surface area contributed by atoms with Gasteiger partial charge >= 0.3 is 12.4 Å². The summed E-state index contributed by atoms with van der Waals surface area (Å²) in [5.74, 6) is -3.95. The number of rotatable bonds is 8. The molecule has 4 nitrogen and oxygen atoms in total. The van der Waals surface area contributed by atoms with Gasteiger partial charge < -0.3 is 10.1 Å². The van der Waals surface area contributed by atoms with Crippen molar-refractivity contribution in [3.05, 3.63) is 101 Å². The molecule has 2 heterocycles. The Morgan fingerprint density at radius 1 is 0.810 bits per heavy atom. The molecule has 226 valence electrons. The number of hydrogen-bond acceptors (Lipinski definition) is 4. The molecular formula is C32H35F6N3O. The van der Waals surface area contributed by atoms with E-state index in [0.29, 0.717) is 24.3 Å². The molecule has 2 aliphatic heterocycles. The minimum absolute atomic E-state index is 0.0641. The number of methoxy groups -OCH3 is 1. The lowest BCUT2D eigenvalue weighted by molar-refractivity contribution is -0.261. The van der Waals surface area contributed by atoms with Crippen molar-refractivity contribution in [3.63, 3.8) is 0 Å². The highest BCUT2D eigenvalue weighted by atomic mass is 19.4. The number of para-hydroxylation sites is 1. The molecule has 1 N–H and O–H groups in total. The van der Waals surface area contributed by atoms with Crippen LogP contribution in [-0.2, 0) is 19.5 Å². The van der Waals surface area contributed by atoms with Gasteiger partial charge in [0.15, 0.2) is 0 Å². The maximum atomic E-state index is 14.8. The topological polar surface area (TPSA) is 27.7 Å². The molecule has 1 saturated heterocycles. The highest BCUT2D eigenvalue weighted by Gasteiger charge is 2.60. The Balaban J connectivity index is 1.49. The molecule has 0 spiro atoms. The Morgan fingerprint density at radius 3 is 2.05 bits per heavy atom. The van der Waals surface area contributed by atoms with Crippen LogP contribution in [0.1, 0.15) is 28.3 Å². The first-order chi connectivity index (χ1) is 20.1. The molecule has 2 aliphatic rings. The van der Waals surface area contributed by atoms with Crippen molar-refractivity contribution in [1.29, 1.82) is 0 Å². The fraction of sp³-hybridized carbons (Fsp3) is 0.438. The molecule has 0 radical (unpaired) electrons. The van der Waals surface area contributed by atoms with Gasteiger partial charge in [0.25, 0.3) is 0 Å². The van der Waals surface area contributed by atoms with E-state index in [1.54, 1.807) is 36.4 Å². The van der Waals surface area contributed by atoms with Gasteiger partial charge in [-0.3, -0.25) is 9.80 Å². The normalized spacial score (nSPS) is 22.9. The molecule has 3 aromatic rings. The first kappa shape index (κ1) is 30.4. The molecule has 5 rings (SSSR count). The van der Waals surface area contributed by atoms with E-state index in [4.69, 9.17) is 4.74 Å². The third kappa shape index (κ3) is 6.76. The largest absolute Gasteiger partial charge is 0.496 e. The fourth-order valence-electron chi connectivity index (χ4n) is 6.53. The highest BCUT2D eigenvalue weighted by Crippen LogP contribution is 2.47. The van der Waals surface area contributed by atoms with Gasteiger partial charge in [-0.2, -0.15) is 26.3 Å². The average molecular weight is 592 g/mol. The van der Waals surface area contributed by atoms with E-state index in [1.165, 1.54) is 16.9 Å². The number of ether oxygens (including phenoxy) is 1. The lowest BCUT2D eigenvalue weighted by Crippen LogP contribution is -2.64. The third-order valence-electron chi connectivity index (χ3n) is 8.56. The van der Waals surface area contributed by atoms with Crippen LogP contribution < -0.4 is 10.1 Å². The minimum Gasteiger partial charge on any atom is -0.496 e. The van der Waals surface area contributed by atoms with Crippen LogP contribution in [0.25, 0.3) is 0 Å². The molecule has 10 heteroatoms. The fourth-order valence-corrected chi connectivity index (χ4v) is 6.53. The van der Waals surface area contributed by atoms with Gasteiger partial charge in [0.1, 0.15) is 5.75 Å². The average Bonchev–Trinajstić information content (AvgIpc) is 2.98. The van der Waals surface area contributed by atoms with Crippen LogP contribution in [0.3, 0.4) is 0 Å². The first-order valence-corrected chi connectivity index (χ1v) is 14.1. The first-order valence-electron chi connectivity index (χ1n) is 14.1. The molecule has 0 amide bonds. The number of nitrogens with zero attached hydrogens (tertiary/aromatic N) is 2. The SMILES string of the molecule is COc1ccccc1C(CNCc1ccccc1)N1CC(C(F)(F)F)C(N2CCc3ccccc3C2)C(C(F)(F)F)C1. The molecule has 3 unspecified atom stereocenters. The van der Waals surface area contributed by atoms with Crippen LogP contribution >= 0.6 is 0 Å². The molecule has 3 atom stereocenters. The van der Waals surface area contributed by atoms with Crippen LogP contribution in [0.15, 0.2) is 78.9 Å². The van der Waals surface area contributed by atoms with Gasteiger partial charge in [0, 0.05) is 50.9 Å². The van der Waals surface area contributed by atoms with Crippen LogP contribution in [0.4, 0.5) is 26.3 Å². The molecule has 0 aromatic heterocycles. The Kier molecular flexibility index (Phi) is 9.15. The summed E-state index contributed by atoms with van der Waals surface area (Å²) in [6.07, 6.45) is -9.24. The number of piperidine rings is 1. The number of likely N-dealkylation sites (tertiary alicyclic amines) is 1. The van der Waals surface area contributed by atoms with E-state index in [0.717, 1.165) is 16.7 Å². The van der Waals surface area contributed by atoms with Gasteiger partial charge in [-0.15, -0.1) is 0 Å². The van der Waals surface area contributed by atoms with Crippen LogP contribution in [0.5, 0.6) is 5.75 Å². The molecule has 1 fully saturated rings. The maximum Gasteiger partial charge on any atom is 0.394 e. The summed E-state index contributed by atoms with van der Waals surface area (Å²) < 4.78 is 94.3. The second kappa shape index (κ2) is 12.7. The summed E-state index contributed by atoms with van der Waals surface area (Å²) in [4.78, 5) is 2.78. The number of fused-ring (bicyclic) bond motifs is 1. The number of hydrogen-bond donors (Lipinski definition) is 1. The van der Waals surface area contributed by atoms with Crippen molar-refractivity contribution in [3.8, 4) is 5.75 Å². The van der Waals surface area contributed by atoms with Crippen molar-refractivity contribution in [2.75, 3.05) is 33.3 Å². The lowest BCUT2D eigenvalue weighted by Gasteiger charge is -2.51. The second-order valence-corrected chi connectivity index (χ2v) is 11.1. The number of nitrogens with one attached hydrogen (secondary N) is 1. The van der Waals surface area contributed by atoms with E-state index in [2.05, 4.69) is 5.32 Å². The Hall–Kier alpha value is -3.08. The summed E-state index contributed by atoms with van der Waals surface area (Å²) in [6, 6.07) is 21.1. The number of alkyl halides is 6. The van der Waals surface area contributed by atoms with E-state index in [9.17, 15) is 26.3 Å². The summed E-state index contributed by atoms with van der Waals surface area (Å²) >= 11 is 0. The van der Waals surface area contributed by atoms with Crippen LogP contribution in [0.2, 0.25) is 0 Å².